The van der Waals surface area contributed by atoms with Crippen molar-refractivity contribution in [1.82, 2.24) is 14.9 Å². The predicted molar refractivity (Wildman–Crippen MR) is 109 cm³/mol. The standard InChI is InChI=1S/C21H21BrN4O2/c1-14(27)25-10-7-21(8-11-25)26-19(16-12-15(22)5-6-20(16)28-21)13-18(24-26)17-4-2-3-9-23-17/h2-6,9,12,19H,7-8,10-11,13H2,1H3/t19-/m0/s1. The lowest BCUT2D eigenvalue weighted by Crippen LogP contribution is -2.59. The number of carbonyl (C=O) groups excluding carboxylic acids is 1. The Labute approximate surface area is 172 Å². The van der Waals surface area contributed by atoms with Gasteiger partial charge in [0.2, 0.25) is 11.6 Å². The van der Waals surface area contributed by atoms with E-state index in [9.17, 15) is 4.79 Å². The number of hydrogen-bond donors (Lipinski definition) is 0. The molecule has 0 radical (unpaired) electrons. The van der Waals surface area contributed by atoms with Crippen molar-refractivity contribution in [2.75, 3.05) is 13.1 Å². The highest BCUT2D eigenvalue weighted by atomic mass is 79.9. The summed E-state index contributed by atoms with van der Waals surface area (Å²) in [4.78, 5) is 18.2. The van der Waals surface area contributed by atoms with Gasteiger partial charge in [-0.05, 0) is 30.3 Å². The maximum absolute atomic E-state index is 11.8. The molecule has 28 heavy (non-hydrogen) atoms. The summed E-state index contributed by atoms with van der Waals surface area (Å²) in [6.07, 6.45) is 4.06. The third-order valence-electron chi connectivity index (χ3n) is 5.91. The highest BCUT2D eigenvalue weighted by Crippen LogP contribution is 2.50. The minimum atomic E-state index is -0.520. The fourth-order valence-corrected chi connectivity index (χ4v) is 4.82. The molecule has 5 rings (SSSR count). The minimum Gasteiger partial charge on any atom is -0.466 e. The van der Waals surface area contributed by atoms with Crippen LogP contribution >= 0.6 is 15.9 Å². The van der Waals surface area contributed by atoms with Gasteiger partial charge in [0.1, 0.15) is 5.75 Å². The van der Waals surface area contributed by atoms with E-state index >= 15 is 0 Å². The number of carbonyl (C=O) groups is 1. The Balaban J connectivity index is 1.56. The Kier molecular flexibility index (Phi) is 4.16. The van der Waals surface area contributed by atoms with Crippen molar-refractivity contribution in [2.24, 2.45) is 5.10 Å². The van der Waals surface area contributed by atoms with Crippen LogP contribution in [0.5, 0.6) is 5.75 Å². The lowest BCUT2D eigenvalue weighted by atomic mass is 9.91. The number of piperidine rings is 1. The van der Waals surface area contributed by atoms with E-state index in [1.165, 1.54) is 0 Å². The lowest BCUT2D eigenvalue weighted by molar-refractivity contribution is -0.158. The van der Waals surface area contributed by atoms with Gasteiger partial charge >= 0.3 is 0 Å². The molecule has 0 aliphatic carbocycles. The van der Waals surface area contributed by atoms with Gasteiger partial charge in [-0.15, -0.1) is 0 Å². The number of hydrogen-bond acceptors (Lipinski definition) is 5. The molecule has 0 unspecified atom stereocenters. The summed E-state index contributed by atoms with van der Waals surface area (Å²) < 4.78 is 7.61. The van der Waals surface area contributed by atoms with Crippen molar-refractivity contribution in [1.29, 1.82) is 0 Å². The number of pyridine rings is 1. The quantitative estimate of drug-likeness (QED) is 0.677. The van der Waals surface area contributed by atoms with Crippen LogP contribution in [0.1, 0.15) is 43.5 Å². The van der Waals surface area contributed by atoms with Crippen LogP contribution < -0.4 is 4.74 Å². The van der Waals surface area contributed by atoms with Crippen LogP contribution in [-0.2, 0) is 4.79 Å². The molecule has 144 valence electrons. The zero-order valence-corrected chi connectivity index (χ0v) is 17.2. The maximum atomic E-state index is 11.8. The molecular weight excluding hydrogens is 420 g/mol. The second kappa shape index (κ2) is 6.58. The van der Waals surface area contributed by atoms with Gasteiger partial charge in [-0.25, -0.2) is 5.01 Å². The first-order chi connectivity index (χ1) is 13.6. The van der Waals surface area contributed by atoms with Gasteiger partial charge in [0, 0.05) is 55.5 Å². The summed E-state index contributed by atoms with van der Waals surface area (Å²) >= 11 is 3.59. The van der Waals surface area contributed by atoms with Crippen molar-refractivity contribution >= 4 is 27.5 Å². The van der Waals surface area contributed by atoms with Gasteiger partial charge in [0.15, 0.2) is 0 Å². The fourth-order valence-electron chi connectivity index (χ4n) is 4.44. The van der Waals surface area contributed by atoms with Crippen molar-refractivity contribution < 1.29 is 9.53 Å². The van der Waals surface area contributed by atoms with Crippen LogP contribution in [0.15, 0.2) is 52.2 Å². The van der Waals surface area contributed by atoms with Crippen LogP contribution in [0.3, 0.4) is 0 Å². The first-order valence-electron chi connectivity index (χ1n) is 9.58. The van der Waals surface area contributed by atoms with Gasteiger partial charge < -0.3 is 9.64 Å². The van der Waals surface area contributed by atoms with Crippen molar-refractivity contribution in [3.05, 3.63) is 58.3 Å². The van der Waals surface area contributed by atoms with Crippen LogP contribution in [0.25, 0.3) is 0 Å². The van der Waals surface area contributed by atoms with E-state index in [0.29, 0.717) is 13.1 Å². The van der Waals surface area contributed by atoms with E-state index in [-0.39, 0.29) is 11.9 Å². The first kappa shape index (κ1) is 17.7. The molecule has 3 aliphatic heterocycles. The van der Waals surface area contributed by atoms with E-state index in [0.717, 1.165) is 46.5 Å². The number of likely N-dealkylation sites (tertiary alicyclic amines) is 1. The molecule has 6 nitrogen and oxygen atoms in total. The van der Waals surface area contributed by atoms with E-state index in [4.69, 9.17) is 9.84 Å². The SMILES string of the molecule is CC(=O)N1CCC2(CC1)Oc1ccc(Br)cc1[C@@H]1CC(c3ccccn3)=NN12. The molecular formula is C21H21BrN4O2. The number of ether oxygens (including phenoxy) is 1. The highest BCUT2D eigenvalue weighted by molar-refractivity contribution is 9.10. The first-order valence-corrected chi connectivity index (χ1v) is 10.4. The van der Waals surface area contributed by atoms with Crippen LogP contribution in [0.4, 0.5) is 0 Å². The Morgan fingerprint density at radius 1 is 1.25 bits per heavy atom. The summed E-state index contributed by atoms with van der Waals surface area (Å²) in [6, 6.07) is 12.2. The smallest absolute Gasteiger partial charge is 0.219 e. The van der Waals surface area contributed by atoms with E-state index in [2.05, 4.69) is 32.0 Å². The van der Waals surface area contributed by atoms with Gasteiger partial charge in [-0.2, -0.15) is 5.10 Å². The fraction of sp³-hybridized carbons (Fsp3) is 0.381. The average molecular weight is 441 g/mol. The second-order valence-electron chi connectivity index (χ2n) is 7.56. The van der Waals surface area contributed by atoms with Gasteiger partial charge in [-0.3, -0.25) is 9.78 Å². The number of benzene rings is 1. The summed E-state index contributed by atoms with van der Waals surface area (Å²) in [5, 5.41) is 7.14. The number of fused-ring (bicyclic) bond motifs is 4. The summed E-state index contributed by atoms with van der Waals surface area (Å²) in [5.74, 6) is 1.03. The predicted octanol–water partition coefficient (Wildman–Crippen LogP) is 3.73. The summed E-state index contributed by atoms with van der Waals surface area (Å²) in [6.45, 7) is 2.99. The molecule has 0 bridgehead atoms. The molecule has 1 saturated heterocycles. The minimum absolute atomic E-state index is 0.113. The van der Waals surface area contributed by atoms with Crippen molar-refractivity contribution in [2.45, 2.75) is 38.0 Å². The largest absolute Gasteiger partial charge is 0.466 e. The number of aromatic nitrogens is 1. The Morgan fingerprint density at radius 2 is 2.07 bits per heavy atom. The normalized spacial score (nSPS) is 22.4. The van der Waals surface area contributed by atoms with E-state index in [1.54, 1.807) is 13.1 Å². The number of hydrazone groups is 1. The Bertz CT molecular complexity index is 954. The lowest BCUT2D eigenvalue weighted by Gasteiger charge is -2.51. The number of rotatable bonds is 1. The molecule has 1 spiro atoms. The van der Waals surface area contributed by atoms with Crippen LogP contribution in [0, 0.1) is 0 Å². The van der Waals surface area contributed by atoms with E-state index < -0.39 is 5.72 Å². The van der Waals surface area contributed by atoms with Gasteiger partial charge in [-0.1, -0.05) is 22.0 Å². The van der Waals surface area contributed by atoms with E-state index in [1.807, 2.05) is 35.2 Å². The monoisotopic (exact) mass is 440 g/mol. The Hall–Kier alpha value is -2.41. The molecule has 1 aromatic heterocycles. The van der Waals surface area contributed by atoms with Crippen LogP contribution in [-0.4, -0.2) is 45.3 Å². The van der Waals surface area contributed by atoms with Crippen molar-refractivity contribution in [3.63, 3.8) is 0 Å². The maximum Gasteiger partial charge on any atom is 0.219 e. The highest BCUT2D eigenvalue weighted by Gasteiger charge is 2.52. The summed E-state index contributed by atoms with van der Waals surface area (Å²) in [5.41, 5.74) is 2.51. The van der Waals surface area contributed by atoms with Crippen molar-refractivity contribution in [3.8, 4) is 5.75 Å². The number of nitrogens with zero attached hydrogens (tertiary/aromatic N) is 4. The molecule has 1 amide bonds. The zero-order valence-electron chi connectivity index (χ0n) is 15.6. The average Bonchev–Trinajstić information content (AvgIpc) is 3.17. The molecule has 1 aromatic carbocycles. The molecule has 2 aromatic rings. The number of halogens is 1. The molecule has 1 fully saturated rings. The topological polar surface area (TPSA) is 58.0 Å². The summed E-state index contributed by atoms with van der Waals surface area (Å²) in [7, 11) is 0. The zero-order chi connectivity index (χ0) is 19.3. The Morgan fingerprint density at radius 3 is 2.79 bits per heavy atom. The molecule has 3 aliphatic rings. The van der Waals surface area contributed by atoms with Gasteiger partial charge in [0.25, 0.3) is 0 Å². The van der Waals surface area contributed by atoms with Gasteiger partial charge in [0.05, 0.1) is 17.4 Å². The molecule has 4 heterocycles. The number of amides is 1. The van der Waals surface area contributed by atoms with Crippen LogP contribution in [0.2, 0.25) is 0 Å². The molecule has 1 atom stereocenters. The molecule has 0 N–H and O–H groups in total. The second-order valence-corrected chi connectivity index (χ2v) is 8.48. The third-order valence-corrected chi connectivity index (χ3v) is 6.40. The molecule has 7 heteroatoms. The molecule has 0 saturated carbocycles. The third kappa shape index (κ3) is 2.80.